The van der Waals surface area contributed by atoms with E-state index in [1.165, 1.54) is 6.07 Å². The number of hydrogen-bond donors (Lipinski definition) is 1. The Labute approximate surface area is 179 Å². The second-order valence-electron chi connectivity index (χ2n) is 7.23. The fourth-order valence-corrected chi connectivity index (χ4v) is 6.03. The Morgan fingerprint density at radius 3 is 2.41 bits per heavy atom. The fourth-order valence-electron chi connectivity index (χ4n) is 4.25. The van der Waals surface area contributed by atoms with Crippen molar-refractivity contribution in [1.29, 1.82) is 0 Å². The van der Waals surface area contributed by atoms with E-state index in [4.69, 9.17) is 23.2 Å². The molecule has 4 nitrogen and oxygen atoms in total. The van der Waals surface area contributed by atoms with Gasteiger partial charge in [0.15, 0.2) is 0 Å². The van der Waals surface area contributed by atoms with Gasteiger partial charge in [-0.05, 0) is 48.6 Å². The zero-order valence-electron chi connectivity index (χ0n) is 15.7. The van der Waals surface area contributed by atoms with Crippen LogP contribution in [0.4, 0.5) is 0 Å². The number of sulfonamides is 1. The molecule has 1 aliphatic rings. The minimum Gasteiger partial charge on any atom is -0.273 e. The zero-order valence-corrected chi connectivity index (χ0v) is 18.0. The average Bonchev–Trinajstić information content (AvgIpc) is 3.09. The smallest absolute Gasteiger partial charge is 0.264 e. The van der Waals surface area contributed by atoms with Crippen LogP contribution in [0.1, 0.15) is 30.9 Å². The van der Waals surface area contributed by atoms with E-state index in [1.54, 1.807) is 42.5 Å². The highest BCUT2D eigenvalue weighted by molar-refractivity contribution is 7.90. The van der Waals surface area contributed by atoms with E-state index < -0.39 is 21.3 Å². The molecule has 0 aliphatic heterocycles. The maximum atomic E-state index is 13.3. The molecular formula is C22H19Cl2NO3S. The summed E-state index contributed by atoms with van der Waals surface area (Å²) in [6.07, 6.45) is 1.63. The standard InChI is InChI=1S/C22H19Cl2NO3S/c1-2-22(13-12-16-17(22)8-5-10-19(16)24)21(26)25-29(27,28)20-11-4-6-14-15(20)7-3-9-18(14)23/h3-11H,2,12-13H2,1H3,(H,25,26). The van der Waals surface area contributed by atoms with Crippen molar-refractivity contribution in [2.24, 2.45) is 0 Å². The molecule has 0 spiro atoms. The highest BCUT2D eigenvalue weighted by Gasteiger charge is 2.45. The number of rotatable bonds is 4. The van der Waals surface area contributed by atoms with E-state index in [2.05, 4.69) is 4.72 Å². The summed E-state index contributed by atoms with van der Waals surface area (Å²) in [7, 11) is -4.09. The molecule has 0 fully saturated rings. The van der Waals surface area contributed by atoms with Crippen molar-refractivity contribution < 1.29 is 13.2 Å². The van der Waals surface area contributed by atoms with E-state index in [9.17, 15) is 13.2 Å². The molecule has 0 bridgehead atoms. The summed E-state index contributed by atoms with van der Waals surface area (Å²) in [6.45, 7) is 1.89. The van der Waals surface area contributed by atoms with Gasteiger partial charge in [-0.25, -0.2) is 13.1 Å². The second kappa shape index (κ2) is 7.31. The Hall–Kier alpha value is -2.08. The number of benzene rings is 3. The van der Waals surface area contributed by atoms with Gasteiger partial charge in [0.25, 0.3) is 10.0 Å². The molecule has 0 saturated heterocycles. The molecule has 3 aromatic rings. The van der Waals surface area contributed by atoms with Crippen molar-refractivity contribution in [1.82, 2.24) is 4.72 Å². The number of carbonyl (C=O) groups is 1. The average molecular weight is 448 g/mol. The number of halogens is 2. The van der Waals surface area contributed by atoms with Crippen LogP contribution in [0.5, 0.6) is 0 Å². The summed E-state index contributed by atoms with van der Waals surface area (Å²) in [5.41, 5.74) is 0.803. The molecule has 0 radical (unpaired) electrons. The van der Waals surface area contributed by atoms with Crippen LogP contribution in [0.3, 0.4) is 0 Å². The Bertz CT molecular complexity index is 1240. The predicted molar refractivity (Wildman–Crippen MR) is 116 cm³/mol. The number of hydrogen-bond acceptors (Lipinski definition) is 3. The monoisotopic (exact) mass is 447 g/mol. The summed E-state index contributed by atoms with van der Waals surface area (Å²) in [5, 5.41) is 2.15. The van der Waals surface area contributed by atoms with E-state index in [-0.39, 0.29) is 4.90 Å². The fraction of sp³-hybridized carbons (Fsp3) is 0.227. The topological polar surface area (TPSA) is 63.2 Å². The van der Waals surface area contributed by atoms with E-state index >= 15 is 0 Å². The van der Waals surface area contributed by atoms with Crippen molar-refractivity contribution in [3.8, 4) is 0 Å². The Morgan fingerprint density at radius 1 is 1.00 bits per heavy atom. The molecule has 1 aliphatic carbocycles. The summed E-state index contributed by atoms with van der Waals surface area (Å²) in [6, 6.07) is 15.4. The van der Waals surface area contributed by atoms with Crippen LogP contribution >= 0.6 is 23.2 Å². The molecule has 0 heterocycles. The van der Waals surface area contributed by atoms with Crippen molar-refractivity contribution in [3.63, 3.8) is 0 Å². The summed E-state index contributed by atoms with van der Waals surface area (Å²) < 4.78 is 28.6. The van der Waals surface area contributed by atoms with Gasteiger partial charge in [-0.1, -0.05) is 66.5 Å². The Kier molecular flexibility index (Phi) is 5.09. The molecule has 3 aromatic carbocycles. The van der Waals surface area contributed by atoms with Gasteiger partial charge >= 0.3 is 0 Å². The van der Waals surface area contributed by atoms with Crippen LogP contribution in [0.15, 0.2) is 59.5 Å². The Morgan fingerprint density at radius 2 is 1.66 bits per heavy atom. The van der Waals surface area contributed by atoms with Crippen LogP contribution < -0.4 is 4.72 Å². The summed E-state index contributed by atoms with van der Waals surface area (Å²) in [5.74, 6) is -0.528. The first kappa shape index (κ1) is 20.2. The third-order valence-corrected chi connectivity index (χ3v) is 7.89. The van der Waals surface area contributed by atoms with Crippen LogP contribution in [0.25, 0.3) is 10.8 Å². The lowest BCUT2D eigenvalue weighted by atomic mass is 9.79. The highest BCUT2D eigenvalue weighted by Crippen LogP contribution is 2.44. The van der Waals surface area contributed by atoms with Gasteiger partial charge in [0.2, 0.25) is 5.91 Å². The molecule has 7 heteroatoms. The lowest BCUT2D eigenvalue weighted by Gasteiger charge is -2.28. The molecule has 4 rings (SSSR count). The van der Waals surface area contributed by atoms with E-state index in [1.807, 2.05) is 13.0 Å². The van der Waals surface area contributed by atoms with E-state index in [0.717, 1.165) is 11.1 Å². The SMILES string of the molecule is CCC1(C(=O)NS(=O)(=O)c2cccc3c(Cl)cccc23)CCc2c(Cl)cccc21. The minimum atomic E-state index is -4.09. The third-order valence-electron chi connectivity index (χ3n) is 5.82. The van der Waals surface area contributed by atoms with Crippen molar-refractivity contribution in [3.05, 3.63) is 75.8 Å². The zero-order chi connectivity index (χ0) is 20.8. The van der Waals surface area contributed by atoms with Gasteiger partial charge in [-0.3, -0.25) is 4.79 Å². The summed E-state index contributed by atoms with van der Waals surface area (Å²) >= 11 is 12.5. The third kappa shape index (κ3) is 3.21. The largest absolute Gasteiger partial charge is 0.273 e. The molecule has 0 aromatic heterocycles. The molecule has 1 amide bonds. The molecule has 1 atom stereocenters. The van der Waals surface area contributed by atoms with Gasteiger partial charge in [0, 0.05) is 20.8 Å². The van der Waals surface area contributed by atoms with Gasteiger partial charge in [0.1, 0.15) is 0 Å². The maximum absolute atomic E-state index is 13.3. The van der Waals surface area contributed by atoms with Crippen LogP contribution in [-0.2, 0) is 26.7 Å². The molecule has 29 heavy (non-hydrogen) atoms. The molecular weight excluding hydrogens is 429 g/mol. The first-order valence-electron chi connectivity index (χ1n) is 9.32. The molecule has 0 saturated carbocycles. The minimum absolute atomic E-state index is 0.0291. The van der Waals surface area contributed by atoms with Crippen LogP contribution in [-0.4, -0.2) is 14.3 Å². The number of fused-ring (bicyclic) bond motifs is 2. The second-order valence-corrected chi connectivity index (χ2v) is 9.69. The summed E-state index contributed by atoms with van der Waals surface area (Å²) in [4.78, 5) is 13.3. The molecule has 1 N–H and O–H groups in total. The van der Waals surface area contributed by atoms with Gasteiger partial charge in [-0.15, -0.1) is 0 Å². The Balaban J connectivity index is 1.76. The number of nitrogens with one attached hydrogen (secondary N) is 1. The first-order chi connectivity index (χ1) is 13.8. The quantitative estimate of drug-likeness (QED) is 0.593. The van der Waals surface area contributed by atoms with E-state index in [0.29, 0.717) is 40.1 Å². The van der Waals surface area contributed by atoms with Crippen molar-refractivity contribution >= 4 is 49.9 Å². The maximum Gasteiger partial charge on any atom is 0.264 e. The molecule has 150 valence electrons. The molecule has 1 unspecified atom stereocenters. The van der Waals surface area contributed by atoms with Gasteiger partial charge in [-0.2, -0.15) is 0 Å². The number of carbonyl (C=O) groups excluding carboxylic acids is 1. The van der Waals surface area contributed by atoms with Gasteiger partial charge < -0.3 is 0 Å². The highest BCUT2D eigenvalue weighted by atomic mass is 35.5. The van der Waals surface area contributed by atoms with Crippen molar-refractivity contribution in [2.45, 2.75) is 36.5 Å². The van der Waals surface area contributed by atoms with Gasteiger partial charge in [0.05, 0.1) is 10.3 Å². The number of amides is 1. The first-order valence-corrected chi connectivity index (χ1v) is 11.6. The lowest BCUT2D eigenvalue weighted by molar-refractivity contribution is -0.125. The predicted octanol–water partition coefficient (Wildman–Crippen LogP) is 5.25. The lowest BCUT2D eigenvalue weighted by Crippen LogP contribution is -2.45. The van der Waals surface area contributed by atoms with Crippen LogP contribution in [0, 0.1) is 0 Å². The van der Waals surface area contributed by atoms with Crippen LogP contribution in [0.2, 0.25) is 10.0 Å². The van der Waals surface area contributed by atoms with Crippen molar-refractivity contribution in [2.75, 3.05) is 0 Å². The normalized spacial score (nSPS) is 18.6.